The number of halogens is 3. The van der Waals surface area contributed by atoms with Gasteiger partial charge in [-0.15, -0.1) is 0 Å². The highest BCUT2D eigenvalue weighted by atomic mass is 19.4. The second-order valence-electron chi connectivity index (χ2n) is 8.80. The Bertz CT molecular complexity index is 569. The molecule has 1 saturated heterocycles. The number of hydrogen-bond acceptors (Lipinski definition) is 5. The fraction of sp³-hybridized carbons (Fsp3) is 0.850. The zero-order valence-electron chi connectivity index (χ0n) is 17.9. The molecule has 1 N–H and O–H groups in total. The number of rotatable bonds is 10. The molecule has 0 bridgehead atoms. The molecule has 0 aromatic heterocycles. The molecule has 6 nitrogen and oxygen atoms in total. The Morgan fingerprint density at radius 1 is 1.07 bits per heavy atom. The number of esters is 1. The van der Waals surface area contributed by atoms with Crippen molar-refractivity contribution in [3.05, 3.63) is 0 Å². The summed E-state index contributed by atoms with van der Waals surface area (Å²) in [7, 11) is 0. The number of likely N-dealkylation sites (tertiary alicyclic amines) is 1. The summed E-state index contributed by atoms with van der Waals surface area (Å²) >= 11 is 0. The van der Waals surface area contributed by atoms with E-state index in [-0.39, 0.29) is 50.0 Å². The van der Waals surface area contributed by atoms with E-state index in [0.717, 1.165) is 0 Å². The van der Waals surface area contributed by atoms with E-state index < -0.39 is 29.8 Å². The van der Waals surface area contributed by atoms with Crippen molar-refractivity contribution in [3.63, 3.8) is 0 Å². The normalized spacial score (nSPS) is 17.8. The fourth-order valence-corrected chi connectivity index (χ4v) is 3.12. The molecular weight excluding hydrogens is 389 g/mol. The first-order valence-electron chi connectivity index (χ1n) is 10.1. The summed E-state index contributed by atoms with van der Waals surface area (Å²) in [6, 6.07) is -2.90. The lowest BCUT2D eigenvalue weighted by atomic mass is 10.0. The number of unbranched alkanes of at least 4 members (excludes halogenated alkanes) is 2. The number of carbonyl (C=O) groups is 3. The molecule has 1 heterocycles. The van der Waals surface area contributed by atoms with Gasteiger partial charge in [0.2, 0.25) is 11.8 Å². The average Bonchev–Trinajstić information content (AvgIpc) is 2.85. The Hall–Kier alpha value is -1.64. The summed E-state index contributed by atoms with van der Waals surface area (Å²) in [6.07, 6.45) is -3.12. The first-order chi connectivity index (χ1) is 13.2. The van der Waals surface area contributed by atoms with Gasteiger partial charge in [0, 0.05) is 19.4 Å². The third-order valence-corrected chi connectivity index (χ3v) is 4.63. The van der Waals surface area contributed by atoms with Crippen LogP contribution in [0.25, 0.3) is 0 Å². The lowest BCUT2D eigenvalue weighted by Crippen LogP contribution is -2.53. The molecule has 9 heteroatoms. The molecule has 0 aliphatic carbocycles. The minimum atomic E-state index is -4.50. The predicted molar refractivity (Wildman–Crippen MR) is 102 cm³/mol. The molecule has 0 unspecified atom stereocenters. The number of carbonyl (C=O) groups excluding carboxylic acids is 3. The summed E-state index contributed by atoms with van der Waals surface area (Å²) in [4.78, 5) is 36.6. The molecule has 1 rings (SSSR count). The van der Waals surface area contributed by atoms with Crippen molar-refractivity contribution in [1.82, 2.24) is 10.2 Å². The molecule has 0 aromatic rings. The van der Waals surface area contributed by atoms with E-state index in [1.807, 2.05) is 0 Å². The van der Waals surface area contributed by atoms with Crippen LogP contribution < -0.4 is 5.32 Å². The summed E-state index contributed by atoms with van der Waals surface area (Å²) in [6.45, 7) is 8.57. The number of nitrogens with one attached hydrogen (secondary N) is 1. The van der Waals surface area contributed by atoms with Crippen LogP contribution in [0.4, 0.5) is 13.2 Å². The smallest absolute Gasteiger partial charge is 0.403 e. The van der Waals surface area contributed by atoms with Crippen LogP contribution in [0.2, 0.25) is 0 Å². The van der Waals surface area contributed by atoms with Gasteiger partial charge in [-0.05, 0) is 39.5 Å². The highest BCUT2D eigenvalue weighted by Gasteiger charge is 2.42. The molecule has 0 spiro atoms. The number of hydrogen-bond donors (Lipinski definition) is 1. The van der Waals surface area contributed by atoms with Gasteiger partial charge in [0.25, 0.3) is 0 Å². The molecule has 1 aliphatic rings. The monoisotopic (exact) mass is 422 g/mol. The van der Waals surface area contributed by atoms with Crippen LogP contribution in [-0.2, 0) is 19.1 Å². The highest BCUT2D eigenvalue weighted by Crippen LogP contribution is 2.26. The van der Waals surface area contributed by atoms with Crippen molar-refractivity contribution in [2.75, 3.05) is 6.54 Å². The van der Waals surface area contributed by atoms with Gasteiger partial charge in [-0.3, -0.25) is 24.6 Å². The number of nitrogens with zero attached hydrogens (tertiary/aromatic N) is 1. The average molecular weight is 422 g/mol. The second kappa shape index (κ2) is 10.4. The van der Waals surface area contributed by atoms with Crippen LogP contribution in [-0.4, -0.2) is 53.1 Å². The number of ether oxygens (including phenoxy) is 1. The molecule has 0 aromatic carbocycles. The van der Waals surface area contributed by atoms with Crippen molar-refractivity contribution in [1.29, 1.82) is 0 Å². The van der Waals surface area contributed by atoms with E-state index >= 15 is 0 Å². The Balaban J connectivity index is 2.59. The maximum Gasteiger partial charge on any atom is 0.403 e. The van der Waals surface area contributed by atoms with Crippen LogP contribution in [0, 0.1) is 5.92 Å². The van der Waals surface area contributed by atoms with Crippen LogP contribution in [0.1, 0.15) is 73.1 Å². The van der Waals surface area contributed by atoms with E-state index in [1.165, 1.54) is 4.90 Å². The molecule has 2 atom stereocenters. The summed E-state index contributed by atoms with van der Waals surface area (Å²) < 4.78 is 45.7. The summed E-state index contributed by atoms with van der Waals surface area (Å²) in [5.74, 6) is -1.52. The van der Waals surface area contributed by atoms with Crippen molar-refractivity contribution in [2.45, 2.75) is 97.0 Å². The van der Waals surface area contributed by atoms with E-state index in [0.29, 0.717) is 12.8 Å². The van der Waals surface area contributed by atoms with Gasteiger partial charge in [-0.25, -0.2) is 0 Å². The van der Waals surface area contributed by atoms with Crippen molar-refractivity contribution < 1.29 is 32.3 Å². The molecule has 0 saturated carbocycles. The number of amides is 2. The Kier molecular flexibility index (Phi) is 9.11. The third kappa shape index (κ3) is 8.72. The van der Waals surface area contributed by atoms with Crippen molar-refractivity contribution in [3.8, 4) is 0 Å². The van der Waals surface area contributed by atoms with Gasteiger partial charge in [0.15, 0.2) is 0 Å². The van der Waals surface area contributed by atoms with Gasteiger partial charge in [0.05, 0.1) is 0 Å². The predicted octanol–water partition coefficient (Wildman–Crippen LogP) is 3.58. The molecule has 2 amide bonds. The third-order valence-electron chi connectivity index (χ3n) is 4.63. The molecule has 168 valence electrons. The molecule has 29 heavy (non-hydrogen) atoms. The summed E-state index contributed by atoms with van der Waals surface area (Å²) in [5, 5.41) is 2.44. The second-order valence-corrected chi connectivity index (χ2v) is 8.80. The lowest BCUT2D eigenvalue weighted by Gasteiger charge is -2.31. The van der Waals surface area contributed by atoms with Gasteiger partial charge < -0.3 is 4.74 Å². The number of imide groups is 1. The van der Waals surface area contributed by atoms with E-state index in [2.05, 4.69) is 5.32 Å². The van der Waals surface area contributed by atoms with E-state index in [4.69, 9.17) is 4.74 Å². The topological polar surface area (TPSA) is 75.7 Å². The fourth-order valence-electron chi connectivity index (χ4n) is 3.12. The first-order valence-corrected chi connectivity index (χ1v) is 10.1. The standard InChI is InChI=1S/C20H33F3N2O4/c1-13(2)17(18(28)29-19(3,4)5)24-14(20(21,22)23)9-7-6-8-12-25-15(26)10-11-16(25)27/h13-14,17,24H,6-12H2,1-5H3/t14-,17-/m0/s1. The van der Waals surface area contributed by atoms with Gasteiger partial charge in [-0.2, -0.15) is 13.2 Å². The van der Waals surface area contributed by atoms with Crippen LogP contribution in [0.15, 0.2) is 0 Å². The first kappa shape index (κ1) is 25.4. The Labute approximate surface area is 170 Å². The van der Waals surface area contributed by atoms with Crippen LogP contribution in [0.3, 0.4) is 0 Å². The molecule has 1 fully saturated rings. The Morgan fingerprint density at radius 3 is 2.07 bits per heavy atom. The minimum absolute atomic E-state index is 0.197. The zero-order chi connectivity index (χ0) is 22.4. The lowest BCUT2D eigenvalue weighted by molar-refractivity contribution is -0.170. The minimum Gasteiger partial charge on any atom is -0.459 e. The van der Waals surface area contributed by atoms with Crippen LogP contribution >= 0.6 is 0 Å². The van der Waals surface area contributed by atoms with Crippen molar-refractivity contribution >= 4 is 17.8 Å². The SMILES string of the molecule is CC(C)[C@H](N[C@@H](CCCCCN1C(=O)CCC1=O)C(F)(F)F)C(=O)OC(C)(C)C. The van der Waals surface area contributed by atoms with E-state index in [1.54, 1.807) is 34.6 Å². The number of alkyl halides is 3. The zero-order valence-corrected chi connectivity index (χ0v) is 17.9. The maximum atomic E-state index is 13.5. The quantitative estimate of drug-likeness (QED) is 0.331. The van der Waals surface area contributed by atoms with Crippen LogP contribution in [0.5, 0.6) is 0 Å². The largest absolute Gasteiger partial charge is 0.459 e. The van der Waals surface area contributed by atoms with Crippen molar-refractivity contribution in [2.24, 2.45) is 5.92 Å². The van der Waals surface area contributed by atoms with E-state index in [9.17, 15) is 27.6 Å². The van der Waals surface area contributed by atoms with Gasteiger partial charge in [0.1, 0.15) is 17.7 Å². The molecular formula is C20H33F3N2O4. The Morgan fingerprint density at radius 2 is 1.62 bits per heavy atom. The highest BCUT2D eigenvalue weighted by molar-refractivity contribution is 6.01. The maximum absolute atomic E-state index is 13.5. The molecule has 0 radical (unpaired) electrons. The molecule has 1 aliphatic heterocycles. The van der Waals surface area contributed by atoms with Gasteiger partial charge in [-0.1, -0.05) is 26.7 Å². The van der Waals surface area contributed by atoms with Gasteiger partial charge >= 0.3 is 12.1 Å². The summed E-state index contributed by atoms with van der Waals surface area (Å²) in [5.41, 5.74) is -0.788.